The maximum atomic E-state index is 8.99. The van der Waals surface area contributed by atoms with E-state index in [9.17, 15) is 0 Å². The van der Waals surface area contributed by atoms with Crippen LogP contribution in [0.3, 0.4) is 0 Å². The SMILES string of the molecule is C=C(/C=C1/CCCNC1=C)/C=C/C1=CC(=C(C#N)C#N)C=C(C)O1. The molecule has 0 aromatic carbocycles. The summed E-state index contributed by atoms with van der Waals surface area (Å²) in [6.45, 7) is 10.8. The molecule has 2 heterocycles. The second-order valence-electron chi connectivity index (χ2n) is 5.54. The van der Waals surface area contributed by atoms with Crippen LogP contribution in [0, 0.1) is 22.7 Å². The number of nitrogens with one attached hydrogen (secondary N) is 1. The van der Waals surface area contributed by atoms with Crippen molar-refractivity contribution in [2.24, 2.45) is 0 Å². The van der Waals surface area contributed by atoms with Crippen molar-refractivity contribution >= 4 is 0 Å². The molecule has 24 heavy (non-hydrogen) atoms. The zero-order chi connectivity index (χ0) is 17.5. The van der Waals surface area contributed by atoms with Crippen molar-refractivity contribution < 1.29 is 4.74 Å². The van der Waals surface area contributed by atoms with Crippen LogP contribution >= 0.6 is 0 Å². The average molecular weight is 317 g/mol. The van der Waals surface area contributed by atoms with Crippen LogP contribution in [0.25, 0.3) is 0 Å². The van der Waals surface area contributed by atoms with E-state index in [1.807, 2.05) is 24.3 Å². The number of piperidine rings is 1. The molecule has 0 unspecified atom stereocenters. The molecule has 4 nitrogen and oxygen atoms in total. The third kappa shape index (κ3) is 4.38. The highest BCUT2D eigenvalue weighted by Crippen LogP contribution is 2.23. The van der Waals surface area contributed by atoms with Gasteiger partial charge in [-0.15, -0.1) is 0 Å². The fourth-order valence-electron chi connectivity index (χ4n) is 2.44. The van der Waals surface area contributed by atoms with Crippen LogP contribution in [0.15, 0.2) is 83.0 Å². The quantitative estimate of drug-likeness (QED) is 0.629. The van der Waals surface area contributed by atoms with Gasteiger partial charge in [-0.05, 0) is 49.1 Å². The van der Waals surface area contributed by atoms with E-state index in [0.717, 1.165) is 36.2 Å². The van der Waals surface area contributed by atoms with Gasteiger partial charge < -0.3 is 10.1 Å². The van der Waals surface area contributed by atoms with Gasteiger partial charge in [-0.1, -0.05) is 25.3 Å². The Kier molecular flexibility index (Phi) is 5.60. The smallest absolute Gasteiger partial charge is 0.137 e. The minimum Gasteiger partial charge on any atom is -0.462 e. The summed E-state index contributed by atoms with van der Waals surface area (Å²) in [5.74, 6) is 1.19. The normalized spacial score (nSPS) is 18.9. The maximum Gasteiger partial charge on any atom is 0.137 e. The lowest BCUT2D eigenvalue weighted by molar-refractivity contribution is 0.317. The Morgan fingerprint density at radius 1 is 1.33 bits per heavy atom. The monoisotopic (exact) mass is 317 g/mol. The highest BCUT2D eigenvalue weighted by molar-refractivity contribution is 5.53. The largest absolute Gasteiger partial charge is 0.462 e. The van der Waals surface area contributed by atoms with Gasteiger partial charge in [-0.25, -0.2) is 0 Å². The second-order valence-corrected chi connectivity index (χ2v) is 5.54. The van der Waals surface area contributed by atoms with Crippen molar-refractivity contribution in [2.75, 3.05) is 6.54 Å². The van der Waals surface area contributed by atoms with Gasteiger partial charge in [0.25, 0.3) is 0 Å². The van der Waals surface area contributed by atoms with Crippen LogP contribution in [0.1, 0.15) is 19.8 Å². The molecule has 0 aromatic rings. The van der Waals surface area contributed by atoms with Crippen molar-refractivity contribution in [1.82, 2.24) is 5.32 Å². The summed E-state index contributed by atoms with van der Waals surface area (Å²) in [4.78, 5) is 0. The lowest BCUT2D eigenvalue weighted by atomic mass is 10.0. The fraction of sp³-hybridized carbons (Fsp3) is 0.200. The first kappa shape index (κ1) is 17.1. The molecule has 1 fully saturated rings. The van der Waals surface area contributed by atoms with E-state index in [4.69, 9.17) is 15.3 Å². The van der Waals surface area contributed by atoms with Crippen molar-refractivity contribution in [2.45, 2.75) is 19.8 Å². The van der Waals surface area contributed by atoms with Crippen molar-refractivity contribution in [3.8, 4) is 12.1 Å². The van der Waals surface area contributed by atoms with E-state index in [0.29, 0.717) is 17.1 Å². The minimum absolute atomic E-state index is 0.0640. The van der Waals surface area contributed by atoms with E-state index >= 15 is 0 Å². The Morgan fingerprint density at radius 3 is 2.75 bits per heavy atom. The molecule has 2 aliphatic rings. The molecule has 0 saturated carbocycles. The summed E-state index contributed by atoms with van der Waals surface area (Å²) in [5, 5.41) is 21.2. The second kappa shape index (κ2) is 7.85. The molecule has 1 saturated heterocycles. The first-order chi connectivity index (χ1) is 11.5. The molecule has 0 aromatic heterocycles. The number of rotatable bonds is 3. The number of hydrogen-bond donors (Lipinski definition) is 1. The van der Waals surface area contributed by atoms with E-state index in [-0.39, 0.29) is 5.57 Å². The molecule has 0 bridgehead atoms. The molecule has 2 rings (SSSR count). The zero-order valence-electron chi connectivity index (χ0n) is 13.7. The minimum atomic E-state index is 0.0640. The third-order valence-corrected chi connectivity index (χ3v) is 3.62. The van der Waals surface area contributed by atoms with Crippen LogP contribution in [0.5, 0.6) is 0 Å². The molecule has 0 aliphatic carbocycles. The van der Waals surface area contributed by atoms with Crippen molar-refractivity contribution in [3.05, 3.63) is 83.0 Å². The van der Waals surface area contributed by atoms with Gasteiger partial charge in [0.1, 0.15) is 29.2 Å². The van der Waals surface area contributed by atoms with E-state index in [1.165, 1.54) is 0 Å². The zero-order valence-corrected chi connectivity index (χ0v) is 13.7. The first-order valence-electron chi connectivity index (χ1n) is 7.66. The maximum absolute atomic E-state index is 8.99. The number of ether oxygens (including phenoxy) is 1. The lowest BCUT2D eigenvalue weighted by Crippen LogP contribution is -2.20. The highest BCUT2D eigenvalue weighted by Gasteiger charge is 2.11. The van der Waals surface area contributed by atoms with Crippen LogP contribution < -0.4 is 5.32 Å². The molecule has 0 amide bonds. The van der Waals surface area contributed by atoms with Gasteiger partial charge in [-0.3, -0.25) is 0 Å². The Hall–Kier alpha value is -3.24. The number of allylic oxidation sites excluding steroid dienone is 10. The molecule has 2 aliphatic heterocycles. The predicted molar refractivity (Wildman–Crippen MR) is 93.9 cm³/mol. The van der Waals surface area contributed by atoms with Crippen LogP contribution in [0.2, 0.25) is 0 Å². The van der Waals surface area contributed by atoms with E-state index in [1.54, 1.807) is 25.2 Å². The standard InChI is InChI=1S/C20H19N3O/c1-14(9-17-5-4-8-23-16(17)3)6-7-20-11-18(10-15(2)24-20)19(12-21)13-22/h6-7,9-11,23H,1,3-5,8H2,2H3/b7-6+,17-9-. The van der Waals surface area contributed by atoms with Gasteiger partial charge >= 0.3 is 0 Å². The van der Waals surface area contributed by atoms with Crippen LogP contribution in [-0.4, -0.2) is 6.54 Å². The third-order valence-electron chi connectivity index (χ3n) is 3.62. The molecular formula is C20H19N3O. The van der Waals surface area contributed by atoms with Gasteiger partial charge in [0.2, 0.25) is 0 Å². The fourth-order valence-corrected chi connectivity index (χ4v) is 2.44. The summed E-state index contributed by atoms with van der Waals surface area (Å²) >= 11 is 0. The number of hydrogen-bond acceptors (Lipinski definition) is 4. The Balaban J connectivity index is 2.17. The number of nitriles is 2. The summed E-state index contributed by atoms with van der Waals surface area (Å²) < 4.78 is 5.61. The predicted octanol–water partition coefficient (Wildman–Crippen LogP) is 4.08. The van der Waals surface area contributed by atoms with Crippen LogP contribution in [-0.2, 0) is 4.74 Å². The molecule has 120 valence electrons. The molecule has 0 spiro atoms. The topological polar surface area (TPSA) is 68.8 Å². The van der Waals surface area contributed by atoms with Crippen LogP contribution in [0.4, 0.5) is 0 Å². The summed E-state index contributed by atoms with van der Waals surface area (Å²) in [6, 6.07) is 3.78. The molecule has 4 heteroatoms. The summed E-state index contributed by atoms with van der Waals surface area (Å²) in [6.07, 6.45) is 11.0. The Labute approximate surface area is 142 Å². The summed E-state index contributed by atoms with van der Waals surface area (Å²) in [7, 11) is 0. The van der Waals surface area contributed by atoms with Crippen molar-refractivity contribution in [3.63, 3.8) is 0 Å². The van der Waals surface area contributed by atoms with Gasteiger partial charge in [0, 0.05) is 17.8 Å². The molecule has 0 atom stereocenters. The van der Waals surface area contributed by atoms with Gasteiger partial charge in [0.15, 0.2) is 0 Å². The summed E-state index contributed by atoms with van der Waals surface area (Å²) in [5.41, 5.74) is 3.55. The number of nitrogens with zero attached hydrogens (tertiary/aromatic N) is 2. The first-order valence-corrected chi connectivity index (χ1v) is 7.66. The Bertz CT molecular complexity index is 789. The molecular weight excluding hydrogens is 298 g/mol. The van der Waals surface area contributed by atoms with E-state index < -0.39 is 0 Å². The van der Waals surface area contributed by atoms with E-state index in [2.05, 4.69) is 18.5 Å². The molecule has 0 radical (unpaired) electrons. The lowest BCUT2D eigenvalue weighted by Gasteiger charge is -2.19. The van der Waals surface area contributed by atoms with Crippen molar-refractivity contribution in [1.29, 1.82) is 10.5 Å². The Morgan fingerprint density at radius 2 is 2.08 bits per heavy atom. The van der Waals surface area contributed by atoms with Gasteiger partial charge in [0.05, 0.1) is 0 Å². The average Bonchev–Trinajstić information content (AvgIpc) is 2.56. The van der Waals surface area contributed by atoms with Gasteiger partial charge in [-0.2, -0.15) is 10.5 Å². The molecule has 1 N–H and O–H groups in total. The highest BCUT2D eigenvalue weighted by atomic mass is 16.5.